The molecular weight excluding hydrogens is 308 g/mol. The Labute approximate surface area is 118 Å². The van der Waals surface area contributed by atoms with Crippen LogP contribution in [0.15, 0.2) is 45.3 Å². The highest BCUT2D eigenvalue weighted by Gasteiger charge is 2.14. The first kappa shape index (κ1) is 12.0. The van der Waals surface area contributed by atoms with Gasteiger partial charge in [0, 0.05) is 10.2 Å². The Bertz CT molecular complexity index is 752. The molecule has 4 nitrogen and oxygen atoms in total. The van der Waals surface area contributed by atoms with Crippen molar-refractivity contribution < 1.29 is 9.15 Å². The average Bonchev–Trinajstić information content (AvgIpc) is 2.85. The lowest BCUT2D eigenvalue weighted by Gasteiger charge is -2.01. The summed E-state index contributed by atoms with van der Waals surface area (Å²) in [5.74, 6) is 1.17. The second-order valence-corrected chi connectivity index (χ2v) is 4.97. The van der Waals surface area contributed by atoms with E-state index in [4.69, 9.17) is 14.9 Å². The maximum Gasteiger partial charge on any atom is 0.229 e. The van der Waals surface area contributed by atoms with Gasteiger partial charge in [-0.1, -0.05) is 22.0 Å². The molecule has 1 heterocycles. The van der Waals surface area contributed by atoms with Crippen molar-refractivity contribution in [3.63, 3.8) is 0 Å². The Morgan fingerprint density at radius 3 is 2.89 bits per heavy atom. The van der Waals surface area contributed by atoms with E-state index in [2.05, 4.69) is 20.9 Å². The topological polar surface area (TPSA) is 61.3 Å². The standard InChI is InChI=1S/C14H11BrN2O2/c1-18-11-3-2-4-12-13(11)17-14(19-12)9-7-8(15)5-6-10(9)16/h2-7H,16H2,1H3. The zero-order chi connectivity index (χ0) is 13.4. The Balaban J connectivity index is 2.23. The molecule has 0 amide bonds. The first-order chi connectivity index (χ1) is 9.19. The van der Waals surface area contributed by atoms with Gasteiger partial charge in [0.1, 0.15) is 5.75 Å². The van der Waals surface area contributed by atoms with Crippen LogP contribution < -0.4 is 10.5 Å². The van der Waals surface area contributed by atoms with Gasteiger partial charge in [0.25, 0.3) is 0 Å². The quantitative estimate of drug-likeness (QED) is 0.729. The van der Waals surface area contributed by atoms with Crippen LogP contribution in [0, 0.1) is 0 Å². The molecule has 0 atom stereocenters. The summed E-state index contributed by atoms with van der Waals surface area (Å²) in [5.41, 5.74) is 8.71. The number of fused-ring (bicyclic) bond motifs is 1. The number of nitrogens with zero attached hydrogens (tertiary/aromatic N) is 1. The number of rotatable bonds is 2. The molecule has 3 aromatic rings. The van der Waals surface area contributed by atoms with Crippen molar-refractivity contribution >= 4 is 32.7 Å². The van der Waals surface area contributed by atoms with Gasteiger partial charge in [-0.3, -0.25) is 0 Å². The smallest absolute Gasteiger partial charge is 0.229 e. The maximum absolute atomic E-state index is 5.96. The number of nitrogens with two attached hydrogens (primary N) is 1. The maximum atomic E-state index is 5.96. The average molecular weight is 319 g/mol. The number of nitrogen functional groups attached to an aromatic ring is 1. The molecule has 0 aliphatic carbocycles. The Morgan fingerprint density at radius 1 is 1.26 bits per heavy atom. The summed E-state index contributed by atoms with van der Waals surface area (Å²) >= 11 is 3.42. The second-order valence-electron chi connectivity index (χ2n) is 4.06. The van der Waals surface area contributed by atoms with Crippen molar-refractivity contribution in [2.75, 3.05) is 12.8 Å². The van der Waals surface area contributed by atoms with Crippen molar-refractivity contribution in [2.45, 2.75) is 0 Å². The van der Waals surface area contributed by atoms with E-state index < -0.39 is 0 Å². The molecule has 0 fully saturated rings. The number of benzene rings is 2. The van der Waals surface area contributed by atoms with Gasteiger partial charge in [0.15, 0.2) is 11.1 Å². The molecule has 0 saturated carbocycles. The number of hydrogen-bond acceptors (Lipinski definition) is 4. The summed E-state index contributed by atoms with van der Waals surface area (Å²) in [6.45, 7) is 0. The van der Waals surface area contributed by atoms with Crippen molar-refractivity contribution in [1.82, 2.24) is 4.98 Å². The number of aromatic nitrogens is 1. The summed E-state index contributed by atoms with van der Waals surface area (Å²) in [7, 11) is 1.61. The molecule has 0 radical (unpaired) electrons. The molecule has 0 spiro atoms. The largest absolute Gasteiger partial charge is 0.494 e. The molecule has 19 heavy (non-hydrogen) atoms. The highest BCUT2D eigenvalue weighted by molar-refractivity contribution is 9.10. The van der Waals surface area contributed by atoms with E-state index in [-0.39, 0.29) is 0 Å². The first-order valence-corrected chi connectivity index (χ1v) is 6.47. The van der Waals surface area contributed by atoms with Crippen LogP contribution in [0.1, 0.15) is 0 Å². The van der Waals surface area contributed by atoms with Crippen LogP contribution >= 0.6 is 15.9 Å². The first-order valence-electron chi connectivity index (χ1n) is 5.68. The molecule has 0 unspecified atom stereocenters. The predicted octanol–water partition coefficient (Wildman–Crippen LogP) is 3.85. The van der Waals surface area contributed by atoms with E-state index in [0.717, 1.165) is 10.0 Å². The third-order valence-electron chi connectivity index (χ3n) is 2.85. The van der Waals surface area contributed by atoms with E-state index in [1.807, 2.05) is 36.4 Å². The van der Waals surface area contributed by atoms with Crippen molar-refractivity contribution in [2.24, 2.45) is 0 Å². The van der Waals surface area contributed by atoms with Gasteiger partial charge in [0.05, 0.1) is 12.7 Å². The van der Waals surface area contributed by atoms with Gasteiger partial charge in [0.2, 0.25) is 5.89 Å². The Morgan fingerprint density at radius 2 is 2.11 bits per heavy atom. The molecule has 2 aromatic carbocycles. The molecule has 0 aliphatic heterocycles. The summed E-state index contributed by atoms with van der Waals surface area (Å²) in [4.78, 5) is 4.46. The molecule has 1 aromatic heterocycles. The van der Waals surface area contributed by atoms with E-state index >= 15 is 0 Å². The monoisotopic (exact) mass is 318 g/mol. The predicted molar refractivity (Wildman–Crippen MR) is 78.1 cm³/mol. The molecule has 96 valence electrons. The second kappa shape index (κ2) is 4.59. The number of methoxy groups -OCH3 is 1. The number of oxazole rings is 1. The lowest BCUT2D eigenvalue weighted by Crippen LogP contribution is -1.90. The molecule has 0 bridgehead atoms. The zero-order valence-corrected chi connectivity index (χ0v) is 11.8. The lowest BCUT2D eigenvalue weighted by atomic mass is 10.2. The fourth-order valence-corrected chi connectivity index (χ4v) is 2.28. The zero-order valence-electron chi connectivity index (χ0n) is 10.2. The third-order valence-corrected chi connectivity index (χ3v) is 3.34. The molecule has 2 N–H and O–H groups in total. The summed E-state index contributed by atoms with van der Waals surface area (Å²) in [6, 6.07) is 11.1. The third kappa shape index (κ3) is 2.06. The minimum atomic E-state index is 0.485. The lowest BCUT2D eigenvalue weighted by molar-refractivity contribution is 0.419. The van der Waals surface area contributed by atoms with Gasteiger partial charge in [-0.25, -0.2) is 4.98 Å². The van der Waals surface area contributed by atoms with E-state index in [0.29, 0.717) is 28.4 Å². The van der Waals surface area contributed by atoms with Gasteiger partial charge >= 0.3 is 0 Å². The Hall–Kier alpha value is -2.01. The minimum absolute atomic E-state index is 0.485. The summed E-state index contributed by atoms with van der Waals surface area (Å²) in [6.07, 6.45) is 0. The van der Waals surface area contributed by atoms with Crippen LogP contribution in [0.3, 0.4) is 0 Å². The summed E-state index contributed by atoms with van der Waals surface area (Å²) in [5, 5.41) is 0. The van der Waals surface area contributed by atoms with Crippen LogP contribution in [-0.4, -0.2) is 12.1 Å². The molecule has 0 aliphatic rings. The fraction of sp³-hybridized carbons (Fsp3) is 0.0714. The van der Waals surface area contributed by atoms with Crippen LogP contribution in [0.4, 0.5) is 5.69 Å². The number of hydrogen-bond donors (Lipinski definition) is 1. The van der Waals surface area contributed by atoms with Gasteiger partial charge in [-0.15, -0.1) is 0 Å². The number of anilines is 1. The van der Waals surface area contributed by atoms with Crippen molar-refractivity contribution in [1.29, 1.82) is 0 Å². The van der Waals surface area contributed by atoms with E-state index in [1.165, 1.54) is 0 Å². The fourth-order valence-electron chi connectivity index (χ4n) is 1.92. The minimum Gasteiger partial charge on any atom is -0.494 e. The van der Waals surface area contributed by atoms with E-state index in [1.54, 1.807) is 7.11 Å². The molecule has 5 heteroatoms. The van der Waals surface area contributed by atoms with E-state index in [9.17, 15) is 0 Å². The Kier molecular flexibility index (Phi) is 2.91. The highest BCUT2D eigenvalue weighted by Crippen LogP contribution is 2.33. The van der Waals surface area contributed by atoms with Gasteiger partial charge < -0.3 is 14.9 Å². The SMILES string of the molecule is COc1cccc2oc(-c3cc(Br)ccc3N)nc12. The number of para-hydroxylation sites is 1. The van der Waals surface area contributed by atoms with Gasteiger partial charge in [-0.2, -0.15) is 0 Å². The number of halogens is 1. The normalized spacial score (nSPS) is 10.8. The van der Waals surface area contributed by atoms with Gasteiger partial charge in [-0.05, 0) is 30.3 Å². The van der Waals surface area contributed by atoms with Crippen LogP contribution in [0.5, 0.6) is 5.75 Å². The highest BCUT2D eigenvalue weighted by atomic mass is 79.9. The van der Waals surface area contributed by atoms with Crippen LogP contribution in [-0.2, 0) is 0 Å². The van der Waals surface area contributed by atoms with Crippen LogP contribution in [0.2, 0.25) is 0 Å². The summed E-state index contributed by atoms with van der Waals surface area (Å²) < 4.78 is 11.9. The molecular formula is C14H11BrN2O2. The van der Waals surface area contributed by atoms with Crippen molar-refractivity contribution in [3.05, 3.63) is 40.9 Å². The molecule has 0 saturated heterocycles. The number of ether oxygens (including phenoxy) is 1. The van der Waals surface area contributed by atoms with Crippen molar-refractivity contribution in [3.8, 4) is 17.2 Å². The van der Waals surface area contributed by atoms with Crippen LogP contribution in [0.25, 0.3) is 22.6 Å². The molecule has 3 rings (SSSR count).